The molecule has 1 amide bonds. The first-order valence-electron chi connectivity index (χ1n) is 3.83. The van der Waals surface area contributed by atoms with E-state index in [9.17, 15) is 4.79 Å². The maximum Gasteiger partial charge on any atom is 0.231 e. The summed E-state index contributed by atoms with van der Waals surface area (Å²) in [7, 11) is 0. The van der Waals surface area contributed by atoms with Crippen molar-refractivity contribution in [3.63, 3.8) is 0 Å². The average molecular weight is 213 g/mol. The van der Waals surface area contributed by atoms with Crippen LogP contribution in [0.25, 0.3) is 0 Å². The standard InChI is InChI=1S/C7H14Cl2N2O/c8-2-1-4-11(5-3-9)6-7(10)12/h1-6H2,(H2,10,12). The Kier molecular flexibility index (Phi) is 7.65. The van der Waals surface area contributed by atoms with Gasteiger partial charge >= 0.3 is 0 Å². The number of alkyl halides is 2. The summed E-state index contributed by atoms with van der Waals surface area (Å²) in [5, 5.41) is 0. The van der Waals surface area contributed by atoms with E-state index in [2.05, 4.69) is 0 Å². The number of amides is 1. The van der Waals surface area contributed by atoms with E-state index in [0.717, 1.165) is 13.0 Å². The van der Waals surface area contributed by atoms with E-state index in [1.807, 2.05) is 4.90 Å². The first kappa shape index (κ1) is 12.0. The largest absolute Gasteiger partial charge is 0.369 e. The number of rotatable bonds is 7. The van der Waals surface area contributed by atoms with Crippen LogP contribution in [0.1, 0.15) is 6.42 Å². The third-order valence-corrected chi connectivity index (χ3v) is 1.82. The summed E-state index contributed by atoms with van der Waals surface area (Å²) in [4.78, 5) is 12.5. The molecule has 0 aliphatic rings. The molecule has 0 saturated heterocycles. The summed E-state index contributed by atoms with van der Waals surface area (Å²) in [6.45, 7) is 1.73. The van der Waals surface area contributed by atoms with Crippen LogP contribution in [0.2, 0.25) is 0 Å². The van der Waals surface area contributed by atoms with E-state index in [1.54, 1.807) is 0 Å². The van der Waals surface area contributed by atoms with Crippen molar-refractivity contribution in [3.05, 3.63) is 0 Å². The van der Waals surface area contributed by atoms with Crippen molar-refractivity contribution >= 4 is 29.1 Å². The lowest BCUT2D eigenvalue weighted by molar-refractivity contribution is -0.119. The molecule has 0 aromatic heterocycles. The molecular weight excluding hydrogens is 199 g/mol. The second-order valence-electron chi connectivity index (χ2n) is 2.47. The number of carbonyl (C=O) groups is 1. The SMILES string of the molecule is NC(=O)CN(CCCl)CCCCl. The van der Waals surface area contributed by atoms with E-state index in [4.69, 9.17) is 28.9 Å². The van der Waals surface area contributed by atoms with Crippen molar-refractivity contribution in [2.75, 3.05) is 31.4 Å². The molecule has 12 heavy (non-hydrogen) atoms. The molecule has 2 N–H and O–H groups in total. The molecule has 0 fully saturated rings. The van der Waals surface area contributed by atoms with Gasteiger partial charge in [-0.3, -0.25) is 9.69 Å². The minimum Gasteiger partial charge on any atom is -0.369 e. The molecule has 0 aromatic carbocycles. The van der Waals surface area contributed by atoms with Gasteiger partial charge in [-0.2, -0.15) is 0 Å². The number of primary amides is 1. The zero-order chi connectivity index (χ0) is 9.40. The Morgan fingerprint density at radius 1 is 1.25 bits per heavy atom. The molecule has 5 heteroatoms. The average Bonchev–Trinajstić information content (AvgIpc) is 2.00. The highest BCUT2D eigenvalue weighted by atomic mass is 35.5. The quantitative estimate of drug-likeness (QED) is 0.631. The summed E-state index contributed by atoms with van der Waals surface area (Å²) in [5.41, 5.74) is 5.04. The molecule has 0 bridgehead atoms. The van der Waals surface area contributed by atoms with Crippen LogP contribution in [-0.2, 0) is 4.79 Å². The Morgan fingerprint density at radius 3 is 2.33 bits per heavy atom. The maximum atomic E-state index is 10.6. The van der Waals surface area contributed by atoms with Crippen LogP contribution in [0.3, 0.4) is 0 Å². The van der Waals surface area contributed by atoms with Gasteiger partial charge in [0.1, 0.15) is 0 Å². The molecule has 72 valence electrons. The normalized spacial score (nSPS) is 10.6. The highest BCUT2D eigenvalue weighted by Crippen LogP contribution is 1.94. The summed E-state index contributed by atoms with van der Waals surface area (Å²) in [6.07, 6.45) is 0.853. The summed E-state index contributed by atoms with van der Waals surface area (Å²) < 4.78 is 0. The van der Waals surface area contributed by atoms with Crippen molar-refractivity contribution in [1.82, 2.24) is 4.90 Å². The molecule has 0 aliphatic carbocycles. The van der Waals surface area contributed by atoms with E-state index >= 15 is 0 Å². The van der Waals surface area contributed by atoms with E-state index < -0.39 is 0 Å². The zero-order valence-electron chi connectivity index (χ0n) is 6.93. The molecule has 0 heterocycles. The Bertz CT molecular complexity index is 133. The Hall–Kier alpha value is 0.01000. The summed E-state index contributed by atoms with van der Waals surface area (Å²) >= 11 is 11.0. The summed E-state index contributed by atoms with van der Waals surface area (Å²) in [5.74, 6) is 0.780. The van der Waals surface area contributed by atoms with Gasteiger partial charge in [0.2, 0.25) is 5.91 Å². The smallest absolute Gasteiger partial charge is 0.231 e. The molecule has 0 unspecified atom stereocenters. The minimum atomic E-state index is -0.324. The van der Waals surface area contributed by atoms with Gasteiger partial charge in [-0.15, -0.1) is 23.2 Å². The van der Waals surface area contributed by atoms with Crippen molar-refractivity contribution in [3.8, 4) is 0 Å². The van der Waals surface area contributed by atoms with E-state index in [0.29, 0.717) is 18.3 Å². The second-order valence-corrected chi connectivity index (χ2v) is 3.23. The van der Waals surface area contributed by atoms with Gasteiger partial charge < -0.3 is 5.73 Å². The van der Waals surface area contributed by atoms with Crippen LogP contribution in [0.5, 0.6) is 0 Å². The number of hydrogen-bond donors (Lipinski definition) is 1. The molecule has 0 atom stereocenters. The molecule has 0 radical (unpaired) electrons. The predicted molar refractivity (Wildman–Crippen MR) is 51.7 cm³/mol. The minimum absolute atomic E-state index is 0.267. The fourth-order valence-corrected chi connectivity index (χ4v) is 1.25. The van der Waals surface area contributed by atoms with Gasteiger partial charge in [-0.25, -0.2) is 0 Å². The van der Waals surface area contributed by atoms with Crippen molar-refractivity contribution in [1.29, 1.82) is 0 Å². The van der Waals surface area contributed by atoms with Crippen LogP contribution < -0.4 is 5.73 Å². The zero-order valence-corrected chi connectivity index (χ0v) is 8.44. The number of nitrogens with zero attached hydrogens (tertiary/aromatic N) is 1. The fourth-order valence-electron chi connectivity index (χ4n) is 0.893. The van der Waals surface area contributed by atoms with Crippen LogP contribution in [0.4, 0.5) is 0 Å². The first-order valence-corrected chi connectivity index (χ1v) is 4.90. The first-order chi connectivity index (χ1) is 5.70. The molecule has 0 rings (SSSR count). The van der Waals surface area contributed by atoms with Crippen LogP contribution >= 0.6 is 23.2 Å². The summed E-state index contributed by atoms with van der Waals surface area (Å²) in [6, 6.07) is 0. The Balaban J connectivity index is 3.61. The lowest BCUT2D eigenvalue weighted by Crippen LogP contribution is -2.35. The predicted octanol–water partition coefficient (Wildman–Crippen LogP) is 0.641. The van der Waals surface area contributed by atoms with E-state index in [-0.39, 0.29) is 12.5 Å². The van der Waals surface area contributed by atoms with Crippen LogP contribution in [-0.4, -0.2) is 42.2 Å². The third-order valence-electron chi connectivity index (χ3n) is 1.39. The Morgan fingerprint density at radius 2 is 1.92 bits per heavy atom. The van der Waals surface area contributed by atoms with Crippen LogP contribution in [0, 0.1) is 0 Å². The number of hydrogen-bond acceptors (Lipinski definition) is 2. The number of carbonyl (C=O) groups excluding carboxylic acids is 1. The van der Waals surface area contributed by atoms with Crippen molar-refractivity contribution < 1.29 is 4.79 Å². The van der Waals surface area contributed by atoms with Crippen molar-refractivity contribution in [2.45, 2.75) is 6.42 Å². The third kappa shape index (κ3) is 6.70. The highest BCUT2D eigenvalue weighted by molar-refractivity contribution is 6.18. The van der Waals surface area contributed by atoms with Gasteiger partial charge in [0.05, 0.1) is 6.54 Å². The lowest BCUT2D eigenvalue weighted by Gasteiger charge is -2.18. The van der Waals surface area contributed by atoms with E-state index in [1.165, 1.54) is 0 Å². The maximum absolute atomic E-state index is 10.6. The highest BCUT2D eigenvalue weighted by Gasteiger charge is 2.06. The molecule has 3 nitrogen and oxygen atoms in total. The molecule has 0 aliphatic heterocycles. The van der Waals surface area contributed by atoms with Gasteiger partial charge in [0.15, 0.2) is 0 Å². The van der Waals surface area contributed by atoms with Gasteiger partial charge in [-0.1, -0.05) is 0 Å². The van der Waals surface area contributed by atoms with Gasteiger partial charge in [0.25, 0.3) is 0 Å². The number of nitrogens with two attached hydrogens (primary N) is 1. The van der Waals surface area contributed by atoms with Gasteiger partial charge in [-0.05, 0) is 13.0 Å². The van der Waals surface area contributed by atoms with Crippen molar-refractivity contribution in [2.24, 2.45) is 5.73 Å². The Labute approximate surface area is 82.8 Å². The fraction of sp³-hybridized carbons (Fsp3) is 0.857. The molecule has 0 saturated carbocycles. The second kappa shape index (κ2) is 7.65. The molecular formula is C7H14Cl2N2O. The molecule has 0 spiro atoms. The molecule has 0 aromatic rings. The van der Waals surface area contributed by atoms with Crippen LogP contribution in [0.15, 0.2) is 0 Å². The monoisotopic (exact) mass is 212 g/mol. The number of halogens is 2. The van der Waals surface area contributed by atoms with Gasteiger partial charge in [0, 0.05) is 18.3 Å². The topological polar surface area (TPSA) is 46.3 Å². The lowest BCUT2D eigenvalue weighted by atomic mass is 10.4.